The van der Waals surface area contributed by atoms with Gasteiger partial charge < -0.3 is 10.3 Å². The van der Waals surface area contributed by atoms with Gasteiger partial charge >= 0.3 is 0 Å². The van der Waals surface area contributed by atoms with Crippen LogP contribution < -0.4 is 11.2 Å². The number of thiazole rings is 1. The zero-order chi connectivity index (χ0) is 13.2. The van der Waals surface area contributed by atoms with E-state index in [0.717, 1.165) is 16.6 Å². The first kappa shape index (κ1) is 11.7. The summed E-state index contributed by atoms with van der Waals surface area (Å²) in [7, 11) is 1.97. The predicted octanol–water partition coefficient (Wildman–Crippen LogP) is 2.06. The van der Waals surface area contributed by atoms with Gasteiger partial charge in [0.2, 0.25) is 5.13 Å². The lowest BCUT2D eigenvalue weighted by atomic mass is 10.2. The van der Waals surface area contributed by atoms with Crippen molar-refractivity contribution < 1.29 is 0 Å². The average Bonchev–Trinajstić information content (AvgIpc) is 2.97. The number of nitrogen functional groups attached to an aromatic ring is 1. The van der Waals surface area contributed by atoms with Gasteiger partial charge in [-0.2, -0.15) is 5.10 Å². The SMILES string of the molecule is Cn1cnc2cc(C=NNc3nc(N)cs3)ccc21. The molecule has 0 bridgehead atoms. The third kappa shape index (κ3) is 2.41. The van der Waals surface area contributed by atoms with Crippen LogP contribution >= 0.6 is 11.3 Å². The van der Waals surface area contributed by atoms with Gasteiger partial charge in [-0.1, -0.05) is 6.07 Å². The number of imidazole rings is 1. The summed E-state index contributed by atoms with van der Waals surface area (Å²) < 4.78 is 1.98. The lowest BCUT2D eigenvalue weighted by Crippen LogP contribution is -1.91. The van der Waals surface area contributed by atoms with E-state index in [9.17, 15) is 0 Å². The van der Waals surface area contributed by atoms with Gasteiger partial charge in [-0.15, -0.1) is 11.3 Å². The number of aromatic nitrogens is 3. The lowest BCUT2D eigenvalue weighted by molar-refractivity contribution is 0.947. The highest BCUT2D eigenvalue weighted by Crippen LogP contribution is 2.16. The maximum absolute atomic E-state index is 5.52. The number of nitrogens with one attached hydrogen (secondary N) is 1. The van der Waals surface area contributed by atoms with Crippen LogP contribution in [0, 0.1) is 0 Å². The molecule has 96 valence electrons. The Hall–Kier alpha value is -2.41. The Morgan fingerprint density at radius 2 is 2.37 bits per heavy atom. The molecule has 0 amide bonds. The van der Waals surface area contributed by atoms with Crippen molar-refractivity contribution in [3.05, 3.63) is 35.5 Å². The number of aryl methyl sites for hydroxylation is 1. The van der Waals surface area contributed by atoms with E-state index in [4.69, 9.17) is 5.73 Å². The van der Waals surface area contributed by atoms with E-state index in [1.165, 1.54) is 11.3 Å². The van der Waals surface area contributed by atoms with E-state index in [1.807, 2.05) is 29.8 Å². The van der Waals surface area contributed by atoms with Crippen LogP contribution in [0.2, 0.25) is 0 Å². The van der Waals surface area contributed by atoms with Crippen molar-refractivity contribution in [2.24, 2.45) is 12.1 Å². The van der Waals surface area contributed by atoms with Gasteiger partial charge in [0, 0.05) is 12.4 Å². The number of hydrazone groups is 1. The molecule has 0 spiro atoms. The predicted molar refractivity (Wildman–Crippen MR) is 78.5 cm³/mol. The van der Waals surface area contributed by atoms with Crippen LogP contribution in [0.25, 0.3) is 11.0 Å². The molecule has 0 aliphatic rings. The van der Waals surface area contributed by atoms with Gasteiger partial charge in [0.25, 0.3) is 0 Å². The summed E-state index contributed by atoms with van der Waals surface area (Å²) in [6, 6.07) is 5.99. The van der Waals surface area contributed by atoms with Gasteiger partial charge in [0.1, 0.15) is 5.82 Å². The molecular weight excluding hydrogens is 260 g/mol. The first-order valence-corrected chi connectivity index (χ1v) is 6.51. The molecule has 3 N–H and O–H groups in total. The molecule has 1 aromatic carbocycles. The van der Waals surface area contributed by atoms with Gasteiger partial charge in [0.05, 0.1) is 23.6 Å². The molecule has 2 heterocycles. The average molecular weight is 272 g/mol. The highest BCUT2D eigenvalue weighted by atomic mass is 32.1. The normalized spacial score (nSPS) is 11.4. The summed E-state index contributed by atoms with van der Waals surface area (Å²) in [6.07, 6.45) is 3.52. The van der Waals surface area contributed by atoms with Crippen LogP contribution in [0.4, 0.5) is 10.9 Å². The van der Waals surface area contributed by atoms with E-state index >= 15 is 0 Å². The van der Waals surface area contributed by atoms with Crippen molar-refractivity contribution in [2.75, 3.05) is 11.2 Å². The first-order chi connectivity index (χ1) is 9.22. The number of rotatable bonds is 3. The molecule has 0 saturated heterocycles. The molecule has 0 unspecified atom stereocenters. The van der Waals surface area contributed by atoms with Gasteiger partial charge in [-0.25, -0.2) is 9.97 Å². The minimum absolute atomic E-state index is 0.498. The van der Waals surface area contributed by atoms with Crippen molar-refractivity contribution in [1.29, 1.82) is 0 Å². The Morgan fingerprint density at radius 3 is 3.16 bits per heavy atom. The monoisotopic (exact) mass is 272 g/mol. The third-order valence-electron chi connectivity index (χ3n) is 2.65. The minimum Gasteiger partial charge on any atom is -0.383 e. The van der Waals surface area contributed by atoms with E-state index in [1.54, 1.807) is 17.9 Å². The second-order valence-electron chi connectivity index (χ2n) is 4.05. The molecular formula is C12H12N6S. The minimum atomic E-state index is 0.498. The van der Waals surface area contributed by atoms with Crippen LogP contribution in [0.15, 0.2) is 35.0 Å². The number of benzene rings is 1. The maximum Gasteiger partial charge on any atom is 0.205 e. The highest BCUT2D eigenvalue weighted by Gasteiger charge is 1.99. The summed E-state index contributed by atoms with van der Waals surface area (Å²) in [5.74, 6) is 0.498. The molecule has 3 rings (SSSR count). The zero-order valence-corrected chi connectivity index (χ0v) is 11.1. The van der Waals surface area contributed by atoms with Crippen molar-refractivity contribution >= 4 is 39.5 Å². The molecule has 0 saturated carbocycles. The van der Waals surface area contributed by atoms with Crippen molar-refractivity contribution in [2.45, 2.75) is 0 Å². The first-order valence-electron chi connectivity index (χ1n) is 5.63. The van der Waals surface area contributed by atoms with Gasteiger partial charge in [-0.05, 0) is 17.7 Å². The van der Waals surface area contributed by atoms with Crippen molar-refractivity contribution in [3.63, 3.8) is 0 Å². The van der Waals surface area contributed by atoms with Gasteiger partial charge in [0.15, 0.2) is 0 Å². The Bertz CT molecular complexity index is 742. The summed E-state index contributed by atoms with van der Waals surface area (Å²) in [5.41, 5.74) is 11.4. The smallest absolute Gasteiger partial charge is 0.205 e. The highest BCUT2D eigenvalue weighted by molar-refractivity contribution is 7.14. The quantitative estimate of drug-likeness (QED) is 0.565. The number of nitrogens with two attached hydrogens (primary N) is 1. The molecule has 0 aliphatic heterocycles. The molecule has 19 heavy (non-hydrogen) atoms. The molecule has 7 heteroatoms. The summed E-state index contributed by atoms with van der Waals surface area (Å²) >= 11 is 1.41. The molecule has 3 aromatic rings. The second kappa shape index (κ2) is 4.69. The largest absolute Gasteiger partial charge is 0.383 e. The van der Waals surface area contributed by atoms with Crippen LogP contribution in [-0.2, 0) is 7.05 Å². The molecule has 0 aliphatic carbocycles. The lowest BCUT2D eigenvalue weighted by Gasteiger charge is -1.96. The molecule has 0 radical (unpaired) electrons. The standard InChI is InChI=1S/C12H12N6S/c1-18-7-14-9-4-8(2-3-10(9)18)5-15-17-12-16-11(13)6-19-12/h2-7H,13H2,1H3,(H,16,17). The topological polar surface area (TPSA) is 81.1 Å². The fraction of sp³-hybridized carbons (Fsp3) is 0.0833. The van der Waals surface area contributed by atoms with E-state index < -0.39 is 0 Å². The summed E-state index contributed by atoms with van der Waals surface area (Å²) in [5, 5.41) is 6.56. The van der Waals surface area contributed by atoms with Crippen LogP contribution in [0.1, 0.15) is 5.56 Å². The van der Waals surface area contributed by atoms with Crippen molar-refractivity contribution in [1.82, 2.24) is 14.5 Å². The van der Waals surface area contributed by atoms with Crippen LogP contribution in [-0.4, -0.2) is 20.7 Å². The Balaban J connectivity index is 1.77. The van der Waals surface area contributed by atoms with E-state index in [0.29, 0.717) is 10.9 Å². The van der Waals surface area contributed by atoms with Gasteiger partial charge in [-0.3, -0.25) is 5.43 Å². The number of nitrogens with zero attached hydrogens (tertiary/aromatic N) is 4. The molecule has 0 atom stereocenters. The second-order valence-corrected chi connectivity index (χ2v) is 4.91. The molecule has 6 nitrogen and oxygen atoms in total. The maximum atomic E-state index is 5.52. The molecule has 0 fully saturated rings. The van der Waals surface area contributed by atoms with E-state index in [2.05, 4.69) is 20.5 Å². The Labute approximate surface area is 113 Å². The number of fused-ring (bicyclic) bond motifs is 1. The van der Waals surface area contributed by atoms with Crippen LogP contribution in [0.5, 0.6) is 0 Å². The number of anilines is 2. The number of hydrogen-bond acceptors (Lipinski definition) is 6. The molecule has 2 aromatic heterocycles. The van der Waals surface area contributed by atoms with E-state index in [-0.39, 0.29) is 0 Å². The number of hydrogen-bond donors (Lipinski definition) is 2. The fourth-order valence-corrected chi connectivity index (χ4v) is 2.28. The summed E-state index contributed by atoms with van der Waals surface area (Å²) in [4.78, 5) is 8.35. The third-order valence-corrected chi connectivity index (χ3v) is 3.41. The van der Waals surface area contributed by atoms with Crippen molar-refractivity contribution in [3.8, 4) is 0 Å². The summed E-state index contributed by atoms with van der Waals surface area (Å²) in [6.45, 7) is 0. The Morgan fingerprint density at radius 1 is 1.47 bits per heavy atom. The Kier molecular flexibility index (Phi) is 2.88. The fourth-order valence-electron chi connectivity index (χ4n) is 1.73. The van der Waals surface area contributed by atoms with Crippen LogP contribution in [0.3, 0.4) is 0 Å². The zero-order valence-electron chi connectivity index (χ0n) is 10.2.